The highest BCUT2D eigenvalue weighted by Crippen LogP contribution is 2.35. The second-order valence-corrected chi connectivity index (χ2v) is 5.01. The Bertz CT molecular complexity index is 621. The number of halogens is 1. The number of β-amino-alcohol motifs (C(OH)–C–C–N with tert-alkyl or cyclic N) is 1. The van der Waals surface area contributed by atoms with Crippen LogP contribution in [-0.2, 0) is 0 Å². The van der Waals surface area contributed by atoms with Gasteiger partial charge < -0.3 is 14.7 Å². The maximum atomic E-state index is 13.1. The molecule has 0 radical (unpaired) electrons. The molecule has 2 heterocycles. The first-order valence-corrected chi connectivity index (χ1v) is 6.74. The van der Waals surface area contributed by atoms with Gasteiger partial charge in [0.2, 0.25) is 11.8 Å². The molecule has 1 N–H and O–H groups in total. The second kappa shape index (κ2) is 5.65. The van der Waals surface area contributed by atoms with E-state index in [0.29, 0.717) is 24.8 Å². The maximum Gasteiger partial charge on any atom is 0.229 e. The van der Waals surface area contributed by atoms with E-state index >= 15 is 0 Å². The fourth-order valence-electron chi connectivity index (χ4n) is 2.62. The second-order valence-electron chi connectivity index (χ2n) is 5.01. The van der Waals surface area contributed by atoms with Crippen LogP contribution < -0.4 is 9.64 Å². The van der Waals surface area contributed by atoms with Crippen LogP contribution in [0.3, 0.4) is 0 Å². The first-order chi connectivity index (χ1) is 10.2. The molecule has 2 atom stereocenters. The highest BCUT2D eigenvalue weighted by molar-refractivity contribution is 5.40. The molecule has 0 spiro atoms. The van der Waals surface area contributed by atoms with Crippen molar-refractivity contribution >= 4 is 5.95 Å². The molecule has 1 aromatic heterocycles. The molecule has 6 heteroatoms. The molecule has 1 aliphatic rings. The summed E-state index contributed by atoms with van der Waals surface area (Å²) in [4.78, 5) is 10.5. The smallest absolute Gasteiger partial charge is 0.229 e. The van der Waals surface area contributed by atoms with Crippen LogP contribution >= 0.6 is 0 Å². The molecule has 0 aliphatic carbocycles. The van der Waals surface area contributed by atoms with E-state index in [1.165, 1.54) is 12.1 Å². The number of benzene rings is 1. The number of hydrogen-bond acceptors (Lipinski definition) is 5. The van der Waals surface area contributed by atoms with E-state index in [4.69, 9.17) is 4.74 Å². The minimum Gasteiger partial charge on any atom is -0.481 e. The van der Waals surface area contributed by atoms with Crippen molar-refractivity contribution in [3.8, 4) is 5.88 Å². The summed E-state index contributed by atoms with van der Waals surface area (Å²) in [6.07, 6.45) is 1.72. The van der Waals surface area contributed by atoms with Crippen LogP contribution in [0.1, 0.15) is 18.0 Å². The maximum absolute atomic E-state index is 13.1. The number of rotatable bonds is 3. The minimum atomic E-state index is -0.463. The molecule has 2 aromatic rings. The van der Waals surface area contributed by atoms with Gasteiger partial charge in [0.05, 0.1) is 19.3 Å². The molecular weight excluding hydrogens is 273 g/mol. The molecular formula is C15H16FN3O2. The summed E-state index contributed by atoms with van der Waals surface area (Å²) >= 11 is 0. The molecule has 3 rings (SSSR count). The predicted octanol–water partition coefficient (Wildman–Crippen LogP) is 1.94. The van der Waals surface area contributed by atoms with Crippen molar-refractivity contribution in [2.24, 2.45) is 0 Å². The van der Waals surface area contributed by atoms with Crippen molar-refractivity contribution < 1.29 is 14.2 Å². The Morgan fingerprint density at radius 2 is 2.05 bits per heavy atom. The van der Waals surface area contributed by atoms with E-state index < -0.39 is 6.10 Å². The summed E-state index contributed by atoms with van der Waals surface area (Å²) < 4.78 is 18.2. The van der Waals surface area contributed by atoms with Crippen LogP contribution in [-0.4, -0.2) is 34.8 Å². The predicted molar refractivity (Wildman–Crippen MR) is 75.7 cm³/mol. The van der Waals surface area contributed by atoms with Crippen LogP contribution in [0.2, 0.25) is 0 Å². The number of ether oxygens (including phenoxy) is 1. The summed E-state index contributed by atoms with van der Waals surface area (Å²) in [5.41, 5.74) is 0.930. The summed E-state index contributed by atoms with van der Waals surface area (Å²) in [6, 6.07) is 7.89. The number of aromatic nitrogens is 2. The lowest BCUT2D eigenvalue weighted by molar-refractivity contribution is 0.194. The number of nitrogens with zero attached hydrogens (tertiary/aromatic N) is 3. The van der Waals surface area contributed by atoms with Gasteiger partial charge in [-0.2, -0.15) is 4.98 Å². The first-order valence-electron chi connectivity index (χ1n) is 6.74. The van der Waals surface area contributed by atoms with E-state index in [1.54, 1.807) is 31.5 Å². The SMILES string of the molecule is COc1ccnc(N2CC(O)CC2c2ccc(F)cc2)n1. The van der Waals surface area contributed by atoms with E-state index in [-0.39, 0.29) is 11.9 Å². The number of aliphatic hydroxyl groups excluding tert-OH is 1. The van der Waals surface area contributed by atoms with Gasteiger partial charge in [-0.3, -0.25) is 0 Å². The Balaban J connectivity index is 1.93. The van der Waals surface area contributed by atoms with Gasteiger partial charge in [-0.05, 0) is 24.1 Å². The van der Waals surface area contributed by atoms with Gasteiger partial charge in [-0.1, -0.05) is 12.1 Å². The molecule has 1 aliphatic heterocycles. The lowest BCUT2D eigenvalue weighted by Crippen LogP contribution is -2.26. The van der Waals surface area contributed by atoms with Crippen LogP contribution in [0.25, 0.3) is 0 Å². The fraction of sp³-hybridized carbons (Fsp3) is 0.333. The minimum absolute atomic E-state index is 0.0762. The molecule has 5 nitrogen and oxygen atoms in total. The van der Waals surface area contributed by atoms with Gasteiger partial charge in [-0.25, -0.2) is 9.37 Å². The van der Waals surface area contributed by atoms with Crippen molar-refractivity contribution in [1.82, 2.24) is 9.97 Å². The van der Waals surface area contributed by atoms with Gasteiger partial charge >= 0.3 is 0 Å². The summed E-state index contributed by atoms with van der Waals surface area (Å²) in [7, 11) is 1.54. The summed E-state index contributed by atoms with van der Waals surface area (Å²) in [5.74, 6) is 0.695. The Morgan fingerprint density at radius 3 is 2.76 bits per heavy atom. The number of hydrogen-bond donors (Lipinski definition) is 1. The molecule has 0 amide bonds. The fourth-order valence-corrected chi connectivity index (χ4v) is 2.62. The zero-order chi connectivity index (χ0) is 14.8. The Labute approximate surface area is 122 Å². The van der Waals surface area contributed by atoms with Crippen LogP contribution in [0.15, 0.2) is 36.5 Å². The average molecular weight is 289 g/mol. The van der Waals surface area contributed by atoms with Gasteiger partial charge in [0.25, 0.3) is 0 Å². The van der Waals surface area contributed by atoms with Crippen molar-refractivity contribution in [2.75, 3.05) is 18.6 Å². The highest BCUT2D eigenvalue weighted by atomic mass is 19.1. The molecule has 1 fully saturated rings. The third-order valence-corrected chi connectivity index (χ3v) is 3.62. The van der Waals surface area contributed by atoms with Crippen LogP contribution in [0.4, 0.5) is 10.3 Å². The molecule has 0 bridgehead atoms. The monoisotopic (exact) mass is 289 g/mol. The zero-order valence-corrected chi connectivity index (χ0v) is 11.6. The molecule has 1 aromatic carbocycles. The van der Waals surface area contributed by atoms with E-state index in [1.807, 2.05) is 4.90 Å². The Morgan fingerprint density at radius 1 is 1.29 bits per heavy atom. The molecule has 21 heavy (non-hydrogen) atoms. The summed E-state index contributed by atoms with van der Waals surface area (Å²) in [5, 5.41) is 9.97. The van der Waals surface area contributed by atoms with Gasteiger partial charge in [0, 0.05) is 18.8 Å². The van der Waals surface area contributed by atoms with Gasteiger partial charge in [0.15, 0.2) is 0 Å². The first kappa shape index (κ1) is 13.8. The average Bonchev–Trinajstić information content (AvgIpc) is 2.90. The van der Waals surface area contributed by atoms with E-state index in [0.717, 1.165) is 5.56 Å². The standard InChI is InChI=1S/C15H16FN3O2/c1-21-14-6-7-17-15(18-14)19-9-12(20)8-13(19)10-2-4-11(16)5-3-10/h2-7,12-13,20H,8-9H2,1H3. The van der Waals surface area contributed by atoms with Crippen molar-refractivity contribution in [1.29, 1.82) is 0 Å². The van der Waals surface area contributed by atoms with E-state index in [2.05, 4.69) is 9.97 Å². The van der Waals surface area contributed by atoms with Crippen molar-refractivity contribution in [3.63, 3.8) is 0 Å². The number of anilines is 1. The Hall–Kier alpha value is -2.21. The van der Waals surface area contributed by atoms with E-state index in [9.17, 15) is 9.50 Å². The molecule has 110 valence electrons. The van der Waals surface area contributed by atoms with Crippen molar-refractivity contribution in [2.45, 2.75) is 18.6 Å². The number of methoxy groups -OCH3 is 1. The molecule has 1 saturated heterocycles. The van der Waals surface area contributed by atoms with Gasteiger partial charge in [0.1, 0.15) is 5.82 Å². The molecule has 0 saturated carbocycles. The highest BCUT2D eigenvalue weighted by Gasteiger charge is 2.33. The van der Waals surface area contributed by atoms with Crippen LogP contribution in [0, 0.1) is 5.82 Å². The normalized spacial score (nSPS) is 21.6. The summed E-state index contributed by atoms with van der Waals surface area (Å²) in [6.45, 7) is 0.440. The third-order valence-electron chi connectivity index (χ3n) is 3.62. The lowest BCUT2D eigenvalue weighted by atomic mass is 10.0. The largest absolute Gasteiger partial charge is 0.481 e. The quantitative estimate of drug-likeness (QED) is 0.935. The zero-order valence-electron chi connectivity index (χ0n) is 11.6. The van der Waals surface area contributed by atoms with Gasteiger partial charge in [-0.15, -0.1) is 0 Å². The van der Waals surface area contributed by atoms with Crippen molar-refractivity contribution in [3.05, 3.63) is 47.9 Å². The molecule has 2 unspecified atom stereocenters. The lowest BCUT2D eigenvalue weighted by Gasteiger charge is -2.24. The Kier molecular flexibility index (Phi) is 3.70. The third kappa shape index (κ3) is 2.80. The topological polar surface area (TPSA) is 58.5 Å². The van der Waals surface area contributed by atoms with Crippen LogP contribution in [0.5, 0.6) is 5.88 Å². The number of aliphatic hydroxyl groups is 1.